The smallest absolute Gasteiger partial charge is 0.307 e. The van der Waals surface area contributed by atoms with Crippen molar-refractivity contribution in [2.24, 2.45) is 23.7 Å². The van der Waals surface area contributed by atoms with Crippen molar-refractivity contribution in [3.63, 3.8) is 0 Å². The summed E-state index contributed by atoms with van der Waals surface area (Å²) in [5.41, 5.74) is 0. The standard InChI is InChI=1S/C11H14O8/c1-19-7(12)3-4-5(9(13)14)2-6(10(15)16)8(4)11(17)18/h4-6,8H,2-3H2,1H3,(H,13,14)(H,15,16)(H,17,18). The molecule has 0 aromatic carbocycles. The van der Waals surface area contributed by atoms with Crippen molar-refractivity contribution in [1.82, 2.24) is 0 Å². The van der Waals surface area contributed by atoms with E-state index >= 15 is 0 Å². The van der Waals surface area contributed by atoms with Gasteiger partial charge in [0.1, 0.15) is 0 Å². The van der Waals surface area contributed by atoms with Crippen LogP contribution in [-0.4, -0.2) is 46.3 Å². The summed E-state index contributed by atoms with van der Waals surface area (Å²) in [4.78, 5) is 44.5. The largest absolute Gasteiger partial charge is 0.481 e. The lowest BCUT2D eigenvalue weighted by Gasteiger charge is -2.19. The Morgan fingerprint density at radius 2 is 1.53 bits per heavy atom. The maximum absolute atomic E-state index is 11.2. The molecule has 0 aromatic rings. The molecule has 0 spiro atoms. The van der Waals surface area contributed by atoms with E-state index in [0.29, 0.717) is 0 Å². The maximum atomic E-state index is 11.2. The first-order valence-corrected chi connectivity index (χ1v) is 5.54. The molecule has 0 saturated heterocycles. The Morgan fingerprint density at radius 1 is 1.00 bits per heavy atom. The predicted octanol–water partition coefficient (Wildman–Crippen LogP) is -0.328. The van der Waals surface area contributed by atoms with Gasteiger partial charge in [-0.25, -0.2) is 0 Å². The zero-order valence-corrected chi connectivity index (χ0v) is 10.1. The molecule has 1 fully saturated rings. The Hall–Kier alpha value is -2.12. The Morgan fingerprint density at radius 3 is 1.89 bits per heavy atom. The molecule has 0 aromatic heterocycles. The molecule has 3 N–H and O–H groups in total. The summed E-state index contributed by atoms with van der Waals surface area (Å²) in [5, 5.41) is 27.1. The van der Waals surface area contributed by atoms with Crippen LogP contribution >= 0.6 is 0 Å². The number of carboxylic acid groups (broad SMARTS) is 3. The van der Waals surface area contributed by atoms with Crippen LogP contribution in [0.1, 0.15) is 12.8 Å². The molecule has 8 heteroatoms. The number of esters is 1. The molecule has 4 unspecified atom stereocenters. The van der Waals surface area contributed by atoms with Gasteiger partial charge in [-0.2, -0.15) is 0 Å². The number of carbonyl (C=O) groups is 4. The van der Waals surface area contributed by atoms with Crippen LogP contribution in [0.5, 0.6) is 0 Å². The molecule has 4 atom stereocenters. The van der Waals surface area contributed by atoms with Gasteiger partial charge in [-0.1, -0.05) is 0 Å². The van der Waals surface area contributed by atoms with E-state index in [0.717, 1.165) is 7.11 Å². The highest BCUT2D eigenvalue weighted by atomic mass is 16.5. The van der Waals surface area contributed by atoms with Crippen molar-refractivity contribution in [2.45, 2.75) is 12.8 Å². The molecule has 1 aliphatic rings. The number of carbonyl (C=O) groups excluding carboxylic acids is 1. The predicted molar refractivity (Wildman–Crippen MR) is 58.1 cm³/mol. The van der Waals surface area contributed by atoms with Gasteiger partial charge in [-0.05, 0) is 12.3 Å². The molecular formula is C11H14O8. The van der Waals surface area contributed by atoms with Crippen LogP contribution in [0.3, 0.4) is 0 Å². The molecular weight excluding hydrogens is 260 g/mol. The van der Waals surface area contributed by atoms with E-state index in [2.05, 4.69) is 4.74 Å². The number of methoxy groups -OCH3 is 1. The lowest BCUT2D eigenvalue weighted by molar-refractivity contribution is -0.155. The summed E-state index contributed by atoms with van der Waals surface area (Å²) in [7, 11) is 1.09. The third-order valence-corrected chi connectivity index (χ3v) is 3.47. The summed E-state index contributed by atoms with van der Waals surface area (Å²) >= 11 is 0. The number of hydrogen-bond donors (Lipinski definition) is 3. The summed E-state index contributed by atoms with van der Waals surface area (Å²) in [6.45, 7) is 0. The van der Waals surface area contributed by atoms with Crippen LogP contribution in [-0.2, 0) is 23.9 Å². The second-order valence-corrected chi connectivity index (χ2v) is 4.43. The first-order valence-electron chi connectivity index (χ1n) is 5.54. The zero-order valence-electron chi connectivity index (χ0n) is 10.1. The minimum Gasteiger partial charge on any atom is -0.481 e. The molecule has 8 nitrogen and oxygen atoms in total. The van der Waals surface area contributed by atoms with Gasteiger partial charge in [0.15, 0.2) is 0 Å². The van der Waals surface area contributed by atoms with E-state index in [1.165, 1.54) is 0 Å². The number of hydrogen-bond acceptors (Lipinski definition) is 5. The lowest BCUT2D eigenvalue weighted by Crippen LogP contribution is -2.32. The fraction of sp³-hybridized carbons (Fsp3) is 0.636. The second kappa shape index (κ2) is 5.68. The van der Waals surface area contributed by atoms with Crippen molar-refractivity contribution in [2.75, 3.05) is 7.11 Å². The molecule has 0 heterocycles. The average Bonchev–Trinajstić information content (AvgIpc) is 2.68. The van der Waals surface area contributed by atoms with Crippen molar-refractivity contribution < 1.29 is 39.2 Å². The summed E-state index contributed by atoms with van der Waals surface area (Å²) in [6, 6.07) is 0. The molecule has 0 radical (unpaired) electrons. The molecule has 1 aliphatic carbocycles. The Kier molecular flexibility index (Phi) is 4.47. The molecule has 19 heavy (non-hydrogen) atoms. The molecule has 0 amide bonds. The third kappa shape index (κ3) is 3.01. The number of aliphatic carboxylic acids is 3. The summed E-state index contributed by atoms with van der Waals surface area (Å²) < 4.78 is 4.39. The third-order valence-electron chi connectivity index (χ3n) is 3.47. The highest BCUT2D eigenvalue weighted by molar-refractivity contribution is 5.85. The highest BCUT2D eigenvalue weighted by Gasteiger charge is 2.53. The van der Waals surface area contributed by atoms with Gasteiger partial charge < -0.3 is 20.1 Å². The SMILES string of the molecule is COC(=O)CC1C(C(=O)O)CC(C(=O)O)C1C(=O)O. The van der Waals surface area contributed by atoms with Crippen LogP contribution in [0.25, 0.3) is 0 Å². The monoisotopic (exact) mass is 274 g/mol. The second-order valence-electron chi connectivity index (χ2n) is 4.43. The van der Waals surface area contributed by atoms with Crippen LogP contribution in [0.4, 0.5) is 0 Å². The van der Waals surface area contributed by atoms with Crippen molar-refractivity contribution in [1.29, 1.82) is 0 Å². The topological polar surface area (TPSA) is 138 Å². The number of ether oxygens (including phenoxy) is 1. The van der Waals surface area contributed by atoms with Crippen LogP contribution in [0.2, 0.25) is 0 Å². The van der Waals surface area contributed by atoms with Gasteiger partial charge in [0.05, 0.1) is 24.9 Å². The van der Waals surface area contributed by atoms with Crippen LogP contribution in [0.15, 0.2) is 0 Å². The fourth-order valence-corrected chi connectivity index (χ4v) is 2.58. The van der Waals surface area contributed by atoms with E-state index in [4.69, 9.17) is 15.3 Å². The van der Waals surface area contributed by atoms with Gasteiger partial charge in [-0.15, -0.1) is 0 Å². The summed E-state index contributed by atoms with van der Waals surface area (Å²) in [6.07, 6.45) is -0.725. The maximum Gasteiger partial charge on any atom is 0.307 e. The zero-order chi connectivity index (χ0) is 14.7. The number of rotatable bonds is 5. The van der Waals surface area contributed by atoms with E-state index in [9.17, 15) is 19.2 Å². The molecule has 0 bridgehead atoms. The van der Waals surface area contributed by atoms with Crippen molar-refractivity contribution >= 4 is 23.9 Å². The fourth-order valence-electron chi connectivity index (χ4n) is 2.58. The molecule has 1 rings (SSSR count). The van der Waals surface area contributed by atoms with Crippen molar-refractivity contribution in [3.05, 3.63) is 0 Å². The molecule has 0 aliphatic heterocycles. The Bertz CT molecular complexity index is 415. The molecule has 106 valence electrons. The van der Waals surface area contributed by atoms with E-state index in [-0.39, 0.29) is 6.42 Å². The van der Waals surface area contributed by atoms with Crippen LogP contribution in [0, 0.1) is 23.7 Å². The summed E-state index contributed by atoms with van der Waals surface area (Å²) in [5.74, 6) is -9.82. The minimum atomic E-state index is -1.41. The van der Waals surface area contributed by atoms with Gasteiger partial charge in [-0.3, -0.25) is 19.2 Å². The lowest BCUT2D eigenvalue weighted by atomic mass is 9.84. The van der Waals surface area contributed by atoms with Crippen molar-refractivity contribution in [3.8, 4) is 0 Å². The first-order chi connectivity index (χ1) is 8.79. The van der Waals surface area contributed by atoms with Gasteiger partial charge in [0.2, 0.25) is 0 Å². The van der Waals surface area contributed by atoms with E-state index in [1.54, 1.807) is 0 Å². The quantitative estimate of drug-likeness (QED) is 0.579. The normalized spacial score (nSPS) is 29.7. The first kappa shape index (κ1) is 14.9. The van der Waals surface area contributed by atoms with Gasteiger partial charge in [0, 0.05) is 6.42 Å². The Balaban J connectivity index is 3.08. The highest BCUT2D eigenvalue weighted by Crippen LogP contribution is 2.44. The van der Waals surface area contributed by atoms with Gasteiger partial charge >= 0.3 is 23.9 Å². The van der Waals surface area contributed by atoms with E-state index < -0.39 is 54.0 Å². The van der Waals surface area contributed by atoms with E-state index in [1.807, 2.05) is 0 Å². The number of carboxylic acids is 3. The molecule has 1 saturated carbocycles. The van der Waals surface area contributed by atoms with Crippen LogP contribution < -0.4 is 0 Å². The Labute approximate surface area is 108 Å². The minimum absolute atomic E-state index is 0.302. The average molecular weight is 274 g/mol. The van der Waals surface area contributed by atoms with Gasteiger partial charge in [0.25, 0.3) is 0 Å².